The summed E-state index contributed by atoms with van der Waals surface area (Å²) >= 11 is 0. The van der Waals surface area contributed by atoms with E-state index in [1.807, 2.05) is 6.92 Å². The molecule has 2 aromatic rings. The Kier molecular flexibility index (Phi) is 3.18. The Morgan fingerprint density at radius 2 is 1.94 bits per heavy atom. The van der Waals surface area contributed by atoms with Gasteiger partial charge in [-0.15, -0.1) is 0 Å². The third-order valence-electron chi connectivity index (χ3n) is 2.23. The van der Waals surface area contributed by atoms with Crippen LogP contribution < -0.4 is 5.32 Å². The van der Waals surface area contributed by atoms with Crippen molar-refractivity contribution in [3.8, 4) is 5.88 Å². The normalized spacial score (nSPS) is 10.2. The summed E-state index contributed by atoms with van der Waals surface area (Å²) in [4.78, 5) is 8.03. The van der Waals surface area contributed by atoms with Crippen molar-refractivity contribution >= 4 is 11.6 Å². The third kappa shape index (κ3) is 2.90. The summed E-state index contributed by atoms with van der Waals surface area (Å²) in [5, 5.41) is 12.3. The minimum atomic E-state index is -0.304. The van der Waals surface area contributed by atoms with E-state index >= 15 is 0 Å². The van der Waals surface area contributed by atoms with Crippen LogP contribution >= 0.6 is 0 Å². The third-order valence-corrected chi connectivity index (χ3v) is 2.23. The van der Waals surface area contributed by atoms with Crippen LogP contribution in [-0.2, 0) is 6.42 Å². The van der Waals surface area contributed by atoms with Crippen LogP contribution in [0.25, 0.3) is 0 Å². The van der Waals surface area contributed by atoms with Gasteiger partial charge in [0.25, 0.3) is 0 Å². The second kappa shape index (κ2) is 4.78. The van der Waals surface area contributed by atoms with Gasteiger partial charge in [0.05, 0.1) is 0 Å². The van der Waals surface area contributed by atoms with Crippen molar-refractivity contribution in [2.75, 3.05) is 5.32 Å². The maximum atomic E-state index is 12.7. The number of anilines is 2. The smallest absolute Gasteiger partial charge is 0.230 e. The molecule has 0 aliphatic heterocycles. The predicted molar refractivity (Wildman–Crippen MR) is 62.8 cm³/mol. The SMILES string of the molecule is CCc1cc(O)nc(Nc2ccc(F)cc2)n1. The molecule has 4 nitrogen and oxygen atoms in total. The Bertz CT molecular complexity index is 514. The van der Waals surface area contributed by atoms with Crippen LogP contribution in [0.5, 0.6) is 5.88 Å². The first kappa shape index (κ1) is 11.3. The molecule has 2 N–H and O–H groups in total. The van der Waals surface area contributed by atoms with E-state index in [1.54, 1.807) is 12.1 Å². The van der Waals surface area contributed by atoms with Crippen LogP contribution in [0, 0.1) is 5.82 Å². The Hall–Kier alpha value is -2.17. The first-order valence-corrected chi connectivity index (χ1v) is 5.27. The molecule has 1 aromatic heterocycles. The summed E-state index contributed by atoms with van der Waals surface area (Å²) in [5.41, 5.74) is 1.40. The molecule has 0 atom stereocenters. The molecule has 0 spiro atoms. The fourth-order valence-electron chi connectivity index (χ4n) is 1.38. The van der Waals surface area contributed by atoms with Gasteiger partial charge in [0.2, 0.25) is 11.8 Å². The lowest BCUT2D eigenvalue weighted by Crippen LogP contribution is -1.99. The zero-order chi connectivity index (χ0) is 12.3. The molecule has 5 heteroatoms. The summed E-state index contributed by atoms with van der Waals surface area (Å²) < 4.78 is 12.7. The molecule has 17 heavy (non-hydrogen) atoms. The van der Waals surface area contributed by atoms with Crippen LogP contribution in [0.2, 0.25) is 0 Å². The van der Waals surface area contributed by atoms with Gasteiger partial charge in [0.1, 0.15) is 5.82 Å². The molecule has 0 aliphatic rings. The number of benzene rings is 1. The summed E-state index contributed by atoms with van der Waals surface area (Å²) in [7, 11) is 0. The topological polar surface area (TPSA) is 58.0 Å². The van der Waals surface area contributed by atoms with Crippen molar-refractivity contribution < 1.29 is 9.50 Å². The molecule has 0 saturated heterocycles. The quantitative estimate of drug-likeness (QED) is 0.855. The molecule has 0 saturated carbocycles. The number of aromatic hydroxyl groups is 1. The number of rotatable bonds is 3. The summed E-state index contributed by atoms with van der Waals surface area (Å²) in [6, 6.07) is 7.34. The molecule has 0 fully saturated rings. The monoisotopic (exact) mass is 233 g/mol. The standard InChI is InChI=1S/C12H12FN3O/c1-2-9-7-11(17)16-12(14-9)15-10-5-3-8(13)4-6-10/h3-7H,2H2,1H3,(H2,14,15,16,17). The summed E-state index contributed by atoms with van der Waals surface area (Å²) in [6.07, 6.45) is 0.703. The molecule has 0 unspecified atom stereocenters. The van der Waals surface area contributed by atoms with Gasteiger partial charge >= 0.3 is 0 Å². The Morgan fingerprint density at radius 3 is 2.59 bits per heavy atom. The molecule has 0 bridgehead atoms. The van der Waals surface area contributed by atoms with Gasteiger partial charge in [0, 0.05) is 17.4 Å². The minimum absolute atomic E-state index is 0.0820. The second-order valence-corrected chi connectivity index (χ2v) is 3.53. The zero-order valence-corrected chi connectivity index (χ0v) is 9.31. The zero-order valence-electron chi connectivity index (χ0n) is 9.31. The van der Waals surface area contributed by atoms with Crippen molar-refractivity contribution in [2.24, 2.45) is 0 Å². The predicted octanol–water partition coefficient (Wildman–Crippen LogP) is 2.63. The lowest BCUT2D eigenvalue weighted by molar-refractivity contribution is 0.452. The number of aromatic nitrogens is 2. The van der Waals surface area contributed by atoms with E-state index in [0.29, 0.717) is 18.1 Å². The highest BCUT2D eigenvalue weighted by Crippen LogP contribution is 2.16. The molecule has 0 radical (unpaired) electrons. The molecular formula is C12H12FN3O. The number of nitrogens with one attached hydrogen (secondary N) is 1. The van der Waals surface area contributed by atoms with E-state index in [2.05, 4.69) is 15.3 Å². The van der Waals surface area contributed by atoms with Crippen molar-refractivity contribution in [1.82, 2.24) is 9.97 Å². The number of hydrogen-bond acceptors (Lipinski definition) is 4. The van der Waals surface area contributed by atoms with Crippen molar-refractivity contribution in [3.63, 3.8) is 0 Å². The highest BCUT2D eigenvalue weighted by atomic mass is 19.1. The lowest BCUT2D eigenvalue weighted by Gasteiger charge is -2.06. The van der Waals surface area contributed by atoms with E-state index < -0.39 is 0 Å². The van der Waals surface area contributed by atoms with Gasteiger partial charge in [-0.25, -0.2) is 9.37 Å². The molecule has 1 aromatic carbocycles. The molecule has 88 valence electrons. The Labute approximate surface area is 98.2 Å². The molecular weight excluding hydrogens is 221 g/mol. The van der Waals surface area contributed by atoms with E-state index in [4.69, 9.17) is 0 Å². The van der Waals surface area contributed by atoms with Gasteiger partial charge in [0.15, 0.2) is 0 Å². The number of halogens is 1. The average Bonchev–Trinajstić information content (AvgIpc) is 2.31. The van der Waals surface area contributed by atoms with E-state index in [9.17, 15) is 9.50 Å². The first-order valence-electron chi connectivity index (χ1n) is 5.27. The van der Waals surface area contributed by atoms with Crippen molar-refractivity contribution in [3.05, 3.63) is 41.8 Å². The second-order valence-electron chi connectivity index (χ2n) is 3.53. The van der Waals surface area contributed by atoms with Gasteiger partial charge in [-0.2, -0.15) is 4.98 Å². The maximum absolute atomic E-state index is 12.7. The molecule has 2 rings (SSSR count). The van der Waals surface area contributed by atoms with Crippen molar-refractivity contribution in [2.45, 2.75) is 13.3 Å². The van der Waals surface area contributed by atoms with Crippen LogP contribution in [0.1, 0.15) is 12.6 Å². The minimum Gasteiger partial charge on any atom is -0.493 e. The van der Waals surface area contributed by atoms with Crippen molar-refractivity contribution in [1.29, 1.82) is 0 Å². The highest BCUT2D eigenvalue weighted by Gasteiger charge is 2.03. The van der Waals surface area contributed by atoms with Gasteiger partial charge in [-0.05, 0) is 30.7 Å². The number of aryl methyl sites for hydroxylation is 1. The summed E-state index contributed by atoms with van der Waals surface area (Å²) in [5.74, 6) is -0.0865. The van der Waals surface area contributed by atoms with E-state index in [1.165, 1.54) is 18.2 Å². The molecule has 0 amide bonds. The van der Waals surface area contributed by atoms with Crippen LogP contribution in [0.4, 0.5) is 16.0 Å². The van der Waals surface area contributed by atoms with Gasteiger partial charge in [-0.1, -0.05) is 6.92 Å². The Morgan fingerprint density at radius 1 is 1.24 bits per heavy atom. The molecule has 1 heterocycles. The fraction of sp³-hybridized carbons (Fsp3) is 0.167. The first-order chi connectivity index (χ1) is 8.17. The average molecular weight is 233 g/mol. The number of nitrogens with zero attached hydrogens (tertiary/aromatic N) is 2. The Balaban J connectivity index is 2.23. The summed E-state index contributed by atoms with van der Waals surface area (Å²) in [6.45, 7) is 1.93. The van der Waals surface area contributed by atoms with Crippen LogP contribution in [0.3, 0.4) is 0 Å². The van der Waals surface area contributed by atoms with Gasteiger partial charge < -0.3 is 10.4 Å². The molecule has 0 aliphatic carbocycles. The van der Waals surface area contributed by atoms with Gasteiger partial charge in [-0.3, -0.25) is 0 Å². The van der Waals surface area contributed by atoms with E-state index in [-0.39, 0.29) is 11.7 Å². The largest absolute Gasteiger partial charge is 0.493 e. The van der Waals surface area contributed by atoms with E-state index in [0.717, 1.165) is 5.69 Å². The fourth-order valence-corrected chi connectivity index (χ4v) is 1.38. The lowest BCUT2D eigenvalue weighted by atomic mass is 10.3. The maximum Gasteiger partial charge on any atom is 0.230 e. The highest BCUT2D eigenvalue weighted by molar-refractivity contribution is 5.53. The van der Waals surface area contributed by atoms with Crippen LogP contribution in [0.15, 0.2) is 30.3 Å². The van der Waals surface area contributed by atoms with Crippen LogP contribution in [-0.4, -0.2) is 15.1 Å². The number of hydrogen-bond donors (Lipinski definition) is 2.